The molecule has 0 unspecified atom stereocenters. The summed E-state index contributed by atoms with van der Waals surface area (Å²) < 4.78 is 0. The van der Waals surface area contributed by atoms with Crippen molar-refractivity contribution in [3.63, 3.8) is 0 Å². The maximum Gasteiger partial charge on any atom is 0.147 e. The fourth-order valence-corrected chi connectivity index (χ4v) is 3.39. The van der Waals surface area contributed by atoms with E-state index in [-0.39, 0.29) is 0 Å². The van der Waals surface area contributed by atoms with Gasteiger partial charge in [-0.05, 0) is 49.7 Å². The highest BCUT2D eigenvalue weighted by molar-refractivity contribution is 6.32. The molecule has 3 nitrogen and oxygen atoms in total. The van der Waals surface area contributed by atoms with Gasteiger partial charge in [0.25, 0.3) is 0 Å². The van der Waals surface area contributed by atoms with Gasteiger partial charge in [-0.2, -0.15) is 5.26 Å². The molecule has 1 heterocycles. The number of halogens is 2. The van der Waals surface area contributed by atoms with E-state index in [1.54, 1.807) is 0 Å². The lowest BCUT2D eigenvalue weighted by atomic mass is 9.96. The van der Waals surface area contributed by atoms with E-state index in [1.165, 1.54) is 0 Å². The lowest BCUT2D eigenvalue weighted by Crippen LogP contribution is -2.24. The van der Waals surface area contributed by atoms with E-state index in [2.05, 4.69) is 24.8 Å². The largest absolute Gasteiger partial charge is 0.356 e. The third kappa shape index (κ3) is 3.28. The van der Waals surface area contributed by atoms with Crippen LogP contribution in [0.4, 0.5) is 5.82 Å². The number of pyridine rings is 1. The summed E-state index contributed by atoms with van der Waals surface area (Å²) in [5, 5.41) is 12.0. The van der Waals surface area contributed by atoms with Gasteiger partial charge in [-0.3, -0.25) is 0 Å². The number of nitrogens with zero attached hydrogens (tertiary/aromatic N) is 3. The molecule has 0 aliphatic rings. The first kappa shape index (κ1) is 17.5. The molecule has 0 bridgehead atoms. The fourth-order valence-electron chi connectivity index (χ4n) is 3.02. The molecule has 0 aliphatic carbocycles. The minimum absolute atomic E-state index is 0.542. The second kappa shape index (κ2) is 7.31. The predicted molar refractivity (Wildman–Crippen MR) is 105 cm³/mol. The Labute approximate surface area is 157 Å². The van der Waals surface area contributed by atoms with Crippen LogP contribution in [0.25, 0.3) is 22.0 Å². The predicted octanol–water partition coefficient (Wildman–Crippen LogP) is 5.93. The average Bonchev–Trinajstić information content (AvgIpc) is 2.61. The zero-order chi connectivity index (χ0) is 18.0. The lowest BCUT2D eigenvalue weighted by Gasteiger charge is -2.23. The minimum atomic E-state index is 0.542. The number of aromatic nitrogens is 1. The van der Waals surface area contributed by atoms with Gasteiger partial charge in [0.15, 0.2) is 0 Å². The summed E-state index contributed by atoms with van der Waals surface area (Å²) >= 11 is 12.4. The number of nitriles is 1. The number of benzene rings is 2. The molecule has 0 atom stereocenters. The molecule has 0 amide bonds. The van der Waals surface area contributed by atoms with E-state index in [0.29, 0.717) is 21.4 Å². The standard InChI is InChI=1S/C20H17Cl2N3/c1-3-25(4-2)20-17(12-23)19(13-6-5-7-14(21)10-13)16-11-15(22)8-9-18(16)24-20/h5-11H,3-4H2,1-2H3. The Hall–Kier alpha value is -2.28. The second-order valence-electron chi connectivity index (χ2n) is 5.64. The van der Waals surface area contributed by atoms with Crippen molar-refractivity contribution in [3.05, 3.63) is 58.1 Å². The molecule has 25 heavy (non-hydrogen) atoms. The quantitative estimate of drug-likeness (QED) is 0.572. The maximum atomic E-state index is 9.92. The summed E-state index contributed by atoms with van der Waals surface area (Å²) in [6, 6.07) is 15.4. The molecule has 126 valence electrons. The summed E-state index contributed by atoms with van der Waals surface area (Å²) in [5.41, 5.74) is 3.05. The van der Waals surface area contributed by atoms with Crippen LogP contribution < -0.4 is 4.90 Å². The first-order valence-electron chi connectivity index (χ1n) is 8.13. The van der Waals surface area contributed by atoms with Crippen LogP contribution in [-0.2, 0) is 0 Å². The second-order valence-corrected chi connectivity index (χ2v) is 6.51. The summed E-state index contributed by atoms with van der Waals surface area (Å²) in [5.74, 6) is 0.692. The van der Waals surface area contributed by atoms with Gasteiger partial charge in [0.1, 0.15) is 17.5 Å². The van der Waals surface area contributed by atoms with Crippen LogP contribution >= 0.6 is 23.2 Å². The maximum absolute atomic E-state index is 9.92. The molecule has 0 radical (unpaired) electrons. The van der Waals surface area contributed by atoms with E-state index in [4.69, 9.17) is 28.2 Å². The molecule has 0 spiro atoms. The third-order valence-electron chi connectivity index (χ3n) is 4.22. The molecule has 0 fully saturated rings. The number of hydrogen-bond donors (Lipinski definition) is 0. The Balaban J connectivity index is 2.46. The van der Waals surface area contributed by atoms with Crippen LogP contribution in [0.5, 0.6) is 0 Å². The normalized spacial score (nSPS) is 10.7. The molecule has 0 saturated heterocycles. The van der Waals surface area contributed by atoms with E-state index in [9.17, 15) is 5.26 Å². The highest BCUT2D eigenvalue weighted by Crippen LogP contribution is 2.37. The Kier molecular flexibility index (Phi) is 5.13. The fraction of sp³-hybridized carbons (Fsp3) is 0.200. The van der Waals surface area contributed by atoms with Crippen LogP contribution in [0.2, 0.25) is 10.0 Å². The molecule has 2 aromatic carbocycles. The Morgan fingerprint density at radius 1 is 1.04 bits per heavy atom. The van der Waals surface area contributed by atoms with Crippen molar-refractivity contribution < 1.29 is 0 Å². The Bertz CT molecular complexity index is 973. The molecule has 1 aromatic heterocycles. The molecular formula is C20H17Cl2N3. The van der Waals surface area contributed by atoms with Gasteiger partial charge < -0.3 is 4.90 Å². The number of anilines is 1. The van der Waals surface area contributed by atoms with E-state index in [1.807, 2.05) is 42.5 Å². The van der Waals surface area contributed by atoms with Gasteiger partial charge in [0, 0.05) is 34.1 Å². The van der Waals surface area contributed by atoms with Crippen LogP contribution in [-0.4, -0.2) is 18.1 Å². The number of fused-ring (bicyclic) bond motifs is 1. The molecule has 3 rings (SSSR count). The first-order valence-corrected chi connectivity index (χ1v) is 8.88. The van der Waals surface area contributed by atoms with E-state index in [0.717, 1.165) is 35.1 Å². The van der Waals surface area contributed by atoms with Crippen LogP contribution in [0.3, 0.4) is 0 Å². The Morgan fingerprint density at radius 3 is 2.40 bits per heavy atom. The molecule has 3 aromatic rings. The van der Waals surface area contributed by atoms with Crippen LogP contribution in [0.1, 0.15) is 19.4 Å². The molecule has 0 N–H and O–H groups in total. The average molecular weight is 370 g/mol. The van der Waals surface area contributed by atoms with E-state index >= 15 is 0 Å². The monoisotopic (exact) mass is 369 g/mol. The smallest absolute Gasteiger partial charge is 0.147 e. The molecule has 0 saturated carbocycles. The van der Waals surface area contributed by atoms with Crippen molar-refractivity contribution in [3.8, 4) is 17.2 Å². The van der Waals surface area contributed by atoms with Crippen molar-refractivity contribution in [2.24, 2.45) is 0 Å². The van der Waals surface area contributed by atoms with Gasteiger partial charge in [0.2, 0.25) is 0 Å². The van der Waals surface area contributed by atoms with Crippen molar-refractivity contribution in [1.82, 2.24) is 4.98 Å². The first-order chi connectivity index (χ1) is 12.1. The van der Waals surface area contributed by atoms with Gasteiger partial charge in [-0.25, -0.2) is 4.98 Å². The van der Waals surface area contributed by atoms with Crippen molar-refractivity contribution in [1.29, 1.82) is 5.26 Å². The minimum Gasteiger partial charge on any atom is -0.356 e. The van der Waals surface area contributed by atoms with Gasteiger partial charge in [-0.15, -0.1) is 0 Å². The zero-order valence-corrected chi connectivity index (χ0v) is 15.6. The molecule has 0 aliphatic heterocycles. The number of rotatable bonds is 4. The molecular weight excluding hydrogens is 353 g/mol. The summed E-state index contributed by atoms with van der Waals surface area (Å²) in [6.45, 7) is 5.65. The number of hydrogen-bond acceptors (Lipinski definition) is 3. The molecule has 5 heteroatoms. The van der Waals surface area contributed by atoms with Crippen molar-refractivity contribution in [2.75, 3.05) is 18.0 Å². The van der Waals surface area contributed by atoms with Gasteiger partial charge >= 0.3 is 0 Å². The van der Waals surface area contributed by atoms with Crippen molar-refractivity contribution in [2.45, 2.75) is 13.8 Å². The topological polar surface area (TPSA) is 39.9 Å². The van der Waals surface area contributed by atoms with Crippen molar-refractivity contribution >= 4 is 39.9 Å². The highest BCUT2D eigenvalue weighted by atomic mass is 35.5. The SMILES string of the molecule is CCN(CC)c1nc2ccc(Cl)cc2c(-c2cccc(Cl)c2)c1C#N. The highest BCUT2D eigenvalue weighted by Gasteiger charge is 2.20. The Morgan fingerprint density at radius 2 is 1.76 bits per heavy atom. The van der Waals surface area contributed by atoms with Gasteiger partial charge in [-0.1, -0.05) is 35.3 Å². The summed E-state index contributed by atoms with van der Waals surface area (Å²) in [6.07, 6.45) is 0. The van der Waals surface area contributed by atoms with Crippen LogP contribution in [0.15, 0.2) is 42.5 Å². The van der Waals surface area contributed by atoms with E-state index < -0.39 is 0 Å². The van der Waals surface area contributed by atoms with Crippen LogP contribution in [0, 0.1) is 11.3 Å². The lowest BCUT2D eigenvalue weighted by molar-refractivity contribution is 0.848. The zero-order valence-electron chi connectivity index (χ0n) is 14.1. The summed E-state index contributed by atoms with van der Waals surface area (Å²) in [7, 11) is 0. The van der Waals surface area contributed by atoms with Gasteiger partial charge in [0.05, 0.1) is 5.52 Å². The third-order valence-corrected chi connectivity index (χ3v) is 4.69. The summed E-state index contributed by atoms with van der Waals surface area (Å²) in [4.78, 5) is 6.83.